The minimum atomic E-state index is -0.948. The molecule has 0 fully saturated rings. The average Bonchev–Trinajstić information content (AvgIpc) is 3.58. The van der Waals surface area contributed by atoms with Crippen molar-refractivity contribution in [3.8, 4) is 0 Å². The number of rotatable bonds is 11. The third kappa shape index (κ3) is 6.18. The van der Waals surface area contributed by atoms with E-state index in [0.717, 1.165) is 33.4 Å². The summed E-state index contributed by atoms with van der Waals surface area (Å²) in [5.74, 6) is -2.39. The number of nitrogens with one attached hydrogen (secondary N) is 3. The van der Waals surface area contributed by atoms with Crippen LogP contribution < -0.4 is 10.6 Å². The lowest BCUT2D eigenvalue weighted by Crippen LogP contribution is -2.16. The zero-order valence-corrected chi connectivity index (χ0v) is 24.6. The van der Waals surface area contributed by atoms with Crippen LogP contribution >= 0.6 is 0 Å². The molecule has 4 rings (SSSR count). The Balaban J connectivity index is 1.84. The van der Waals surface area contributed by atoms with Crippen LogP contribution in [0.5, 0.6) is 0 Å². The Hall–Kier alpha value is -5.25. The molecule has 1 aromatic rings. The van der Waals surface area contributed by atoms with Gasteiger partial charge in [0.05, 0.1) is 11.4 Å². The highest BCUT2D eigenvalue weighted by atomic mass is 16.4. The molecule has 3 aliphatic heterocycles. The Morgan fingerprint density at radius 1 is 0.767 bits per heavy atom. The van der Waals surface area contributed by atoms with Gasteiger partial charge in [0, 0.05) is 46.8 Å². The van der Waals surface area contributed by atoms with E-state index in [4.69, 9.17) is 4.99 Å². The maximum Gasteiger partial charge on any atom is 0.303 e. The zero-order chi connectivity index (χ0) is 31.6. The first-order chi connectivity index (χ1) is 20.4. The quantitative estimate of drug-likeness (QED) is 0.252. The first kappa shape index (κ1) is 30.7. The van der Waals surface area contributed by atoms with Gasteiger partial charge < -0.3 is 25.8 Å². The molecule has 0 saturated carbocycles. The van der Waals surface area contributed by atoms with E-state index in [1.165, 1.54) is 12.2 Å². The van der Waals surface area contributed by atoms with Crippen LogP contribution in [-0.2, 0) is 25.6 Å². The van der Waals surface area contributed by atoms with Gasteiger partial charge in [-0.25, -0.2) is 4.99 Å². The molecule has 10 heteroatoms. The fraction of sp³-hybridized carbons (Fsp3) is 0.242. The summed E-state index contributed by atoms with van der Waals surface area (Å²) in [6.07, 6.45) is 8.64. The lowest BCUT2D eigenvalue weighted by atomic mass is 9.98. The molecular weight excluding hydrogens is 548 g/mol. The summed E-state index contributed by atoms with van der Waals surface area (Å²) in [5.41, 5.74) is 9.18. The number of carboxylic acid groups (broad SMARTS) is 2. The number of hydrogen-bond acceptors (Lipinski definition) is 5. The van der Waals surface area contributed by atoms with Crippen molar-refractivity contribution in [2.75, 3.05) is 0 Å². The van der Waals surface area contributed by atoms with Crippen LogP contribution in [0.15, 0.2) is 86.9 Å². The van der Waals surface area contributed by atoms with Crippen molar-refractivity contribution >= 4 is 41.6 Å². The molecule has 0 atom stereocenters. The van der Waals surface area contributed by atoms with Gasteiger partial charge >= 0.3 is 11.9 Å². The highest BCUT2D eigenvalue weighted by Crippen LogP contribution is 2.34. The number of amides is 2. The van der Waals surface area contributed by atoms with Gasteiger partial charge in [0.25, 0.3) is 11.8 Å². The van der Waals surface area contributed by atoms with Gasteiger partial charge in [0.2, 0.25) is 0 Å². The molecule has 222 valence electrons. The minimum absolute atomic E-state index is 0.0978. The molecule has 2 amide bonds. The summed E-state index contributed by atoms with van der Waals surface area (Å²) in [6.45, 7) is 14.8. The Morgan fingerprint density at radius 3 is 1.81 bits per heavy atom. The summed E-state index contributed by atoms with van der Waals surface area (Å²) in [4.78, 5) is 55.8. The van der Waals surface area contributed by atoms with Crippen LogP contribution in [0.2, 0.25) is 0 Å². The predicted octanol–water partition coefficient (Wildman–Crippen LogP) is 4.81. The fourth-order valence-corrected chi connectivity index (χ4v) is 5.33. The van der Waals surface area contributed by atoms with Crippen molar-refractivity contribution in [3.63, 3.8) is 0 Å². The average molecular weight is 583 g/mol. The summed E-state index contributed by atoms with van der Waals surface area (Å²) in [6, 6.07) is 0. The van der Waals surface area contributed by atoms with Crippen molar-refractivity contribution in [1.82, 2.24) is 15.6 Å². The third-order valence-corrected chi connectivity index (χ3v) is 7.88. The second-order valence-electron chi connectivity index (χ2n) is 10.5. The molecule has 5 N–H and O–H groups in total. The maximum atomic E-state index is 12.3. The topological polar surface area (TPSA) is 161 Å². The molecule has 10 nitrogen and oxygen atoms in total. The number of carbonyl (C=O) groups is 4. The van der Waals surface area contributed by atoms with Crippen LogP contribution in [0.25, 0.3) is 12.2 Å². The SMILES string of the molecule is C=CC1=C(C)/C(=C/C2=NC(=C/c3[nH]c(/C=C4\NC(=O)C(C=C)=C4C)c(C)c3CCC(=O)O)/C(CCC(=O)O)=C2C)NC1=O. The van der Waals surface area contributed by atoms with Gasteiger partial charge in [0.15, 0.2) is 0 Å². The summed E-state index contributed by atoms with van der Waals surface area (Å²) in [7, 11) is 0. The molecule has 4 heterocycles. The number of aliphatic carboxylic acids is 2. The van der Waals surface area contributed by atoms with Crippen molar-refractivity contribution in [2.45, 2.75) is 53.4 Å². The van der Waals surface area contributed by atoms with E-state index in [1.807, 2.05) is 27.7 Å². The van der Waals surface area contributed by atoms with E-state index in [-0.39, 0.29) is 37.5 Å². The summed E-state index contributed by atoms with van der Waals surface area (Å²) in [5, 5.41) is 24.5. The number of aromatic amines is 1. The highest BCUT2D eigenvalue weighted by Gasteiger charge is 2.27. The van der Waals surface area contributed by atoms with Gasteiger partial charge in [-0.2, -0.15) is 0 Å². The van der Waals surface area contributed by atoms with Crippen molar-refractivity contribution in [2.24, 2.45) is 4.99 Å². The molecule has 0 aromatic carbocycles. The van der Waals surface area contributed by atoms with E-state index in [2.05, 4.69) is 28.8 Å². The molecule has 0 saturated heterocycles. The Kier molecular flexibility index (Phi) is 8.80. The van der Waals surface area contributed by atoms with Gasteiger partial charge in [-0.05, 0) is 92.2 Å². The maximum absolute atomic E-state index is 12.3. The highest BCUT2D eigenvalue weighted by molar-refractivity contribution is 6.14. The standard InChI is InChI=1S/C33H34N4O6/c1-7-20-16(3)26(36-32(20)42)13-24-18(5)22(9-11-30(38)39)28(34-24)15-29-23(10-12-31(40)41)19(6)25(35-29)14-27-17(4)21(8-2)33(43)37-27/h7-8,13-15,34H,1-2,9-12H2,3-6H3,(H,36,42)(H,37,43)(H,38,39)(H,40,41)/b26-13-,27-14-,29-15+. The smallest absolute Gasteiger partial charge is 0.303 e. The molecule has 43 heavy (non-hydrogen) atoms. The van der Waals surface area contributed by atoms with Crippen LogP contribution in [0.4, 0.5) is 0 Å². The molecule has 1 aromatic heterocycles. The molecule has 0 unspecified atom stereocenters. The minimum Gasteiger partial charge on any atom is -0.481 e. The van der Waals surface area contributed by atoms with Crippen LogP contribution in [0.3, 0.4) is 0 Å². The first-order valence-corrected chi connectivity index (χ1v) is 13.8. The fourth-order valence-electron chi connectivity index (χ4n) is 5.33. The van der Waals surface area contributed by atoms with Crippen LogP contribution in [-0.4, -0.2) is 44.7 Å². The second kappa shape index (κ2) is 12.3. The van der Waals surface area contributed by atoms with Crippen LogP contribution in [0, 0.1) is 6.92 Å². The van der Waals surface area contributed by atoms with Crippen LogP contribution in [0.1, 0.15) is 62.5 Å². The number of H-pyrrole nitrogens is 1. The van der Waals surface area contributed by atoms with Crippen molar-refractivity contribution in [1.29, 1.82) is 0 Å². The van der Waals surface area contributed by atoms with Crippen molar-refractivity contribution in [3.05, 3.63) is 104 Å². The van der Waals surface area contributed by atoms with Crippen molar-refractivity contribution < 1.29 is 29.4 Å². The van der Waals surface area contributed by atoms with E-state index in [0.29, 0.717) is 45.3 Å². The second-order valence-corrected chi connectivity index (χ2v) is 10.5. The molecule has 0 aliphatic carbocycles. The number of carbonyl (C=O) groups excluding carboxylic acids is 2. The van der Waals surface area contributed by atoms with Gasteiger partial charge in [-0.15, -0.1) is 0 Å². The van der Waals surface area contributed by atoms with E-state index in [1.54, 1.807) is 18.2 Å². The van der Waals surface area contributed by atoms with Gasteiger partial charge in [-0.1, -0.05) is 25.3 Å². The Morgan fingerprint density at radius 2 is 1.30 bits per heavy atom. The number of carboxylic acids is 2. The number of aliphatic imine (C=N–C) groups is 1. The van der Waals surface area contributed by atoms with Gasteiger partial charge in [0.1, 0.15) is 0 Å². The molecule has 0 radical (unpaired) electrons. The lowest BCUT2D eigenvalue weighted by molar-refractivity contribution is -0.138. The molecule has 3 aliphatic rings. The third-order valence-electron chi connectivity index (χ3n) is 7.88. The summed E-state index contributed by atoms with van der Waals surface area (Å²) < 4.78 is 0. The lowest BCUT2D eigenvalue weighted by Gasteiger charge is -2.06. The predicted molar refractivity (Wildman–Crippen MR) is 165 cm³/mol. The molecular formula is C33H34N4O6. The number of hydrogen-bond donors (Lipinski definition) is 5. The number of nitrogens with zero attached hydrogens (tertiary/aromatic N) is 1. The normalized spacial score (nSPS) is 19.6. The largest absolute Gasteiger partial charge is 0.481 e. The number of aromatic nitrogens is 1. The molecule has 0 spiro atoms. The molecule has 0 bridgehead atoms. The number of allylic oxidation sites excluding steroid dienone is 5. The van der Waals surface area contributed by atoms with E-state index < -0.39 is 11.9 Å². The first-order valence-electron chi connectivity index (χ1n) is 13.8. The Bertz CT molecular complexity index is 1720. The zero-order valence-electron chi connectivity index (χ0n) is 24.6. The van der Waals surface area contributed by atoms with Gasteiger partial charge in [-0.3, -0.25) is 19.2 Å². The summed E-state index contributed by atoms with van der Waals surface area (Å²) >= 11 is 0. The van der Waals surface area contributed by atoms with E-state index in [9.17, 15) is 29.4 Å². The monoisotopic (exact) mass is 582 g/mol. The Labute approximate surface area is 249 Å². The van der Waals surface area contributed by atoms with E-state index >= 15 is 0 Å².